The number of aromatic amines is 1. The third kappa shape index (κ3) is 5.18. The van der Waals surface area contributed by atoms with Crippen molar-refractivity contribution in [1.29, 1.82) is 0 Å². The highest BCUT2D eigenvalue weighted by molar-refractivity contribution is 7.89. The van der Waals surface area contributed by atoms with Crippen LogP contribution in [0.15, 0.2) is 29.3 Å². The van der Waals surface area contributed by atoms with E-state index in [1.54, 1.807) is 19.2 Å². The van der Waals surface area contributed by atoms with Gasteiger partial charge in [0.2, 0.25) is 10.0 Å². The van der Waals surface area contributed by atoms with E-state index in [0.29, 0.717) is 40.2 Å². The van der Waals surface area contributed by atoms with Gasteiger partial charge in [0, 0.05) is 29.7 Å². The molecule has 2 aliphatic rings. The van der Waals surface area contributed by atoms with E-state index in [9.17, 15) is 18.0 Å². The van der Waals surface area contributed by atoms with Crippen molar-refractivity contribution in [2.24, 2.45) is 5.14 Å². The zero-order chi connectivity index (χ0) is 23.6. The van der Waals surface area contributed by atoms with Crippen molar-refractivity contribution < 1.29 is 18.0 Å². The number of aromatic nitrogens is 1. The first-order valence-corrected chi connectivity index (χ1v) is 12.7. The van der Waals surface area contributed by atoms with Gasteiger partial charge in [-0.3, -0.25) is 9.59 Å². The van der Waals surface area contributed by atoms with Crippen LogP contribution in [0.4, 0.5) is 5.69 Å². The quantitative estimate of drug-likeness (QED) is 0.362. The van der Waals surface area contributed by atoms with E-state index in [0.717, 1.165) is 26.1 Å². The van der Waals surface area contributed by atoms with Gasteiger partial charge in [0.05, 0.1) is 16.0 Å². The van der Waals surface area contributed by atoms with Crippen LogP contribution in [0.3, 0.4) is 0 Å². The van der Waals surface area contributed by atoms with Gasteiger partial charge in [-0.05, 0) is 75.7 Å². The van der Waals surface area contributed by atoms with Gasteiger partial charge in [-0.2, -0.15) is 0 Å². The van der Waals surface area contributed by atoms with Crippen molar-refractivity contribution in [2.45, 2.75) is 37.5 Å². The summed E-state index contributed by atoms with van der Waals surface area (Å²) >= 11 is 0. The maximum absolute atomic E-state index is 12.7. The molecule has 1 fully saturated rings. The summed E-state index contributed by atoms with van der Waals surface area (Å²) in [5.41, 5.74) is 3.08. The van der Waals surface area contributed by atoms with Crippen molar-refractivity contribution in [1.82, 2.24) is 15.2 Å². The molecule has 33 heavy (non-hydrogen) atoms. The maximum atomic E-state index is 12.7. The Morgan fingerprint density at radius 3 is 2.73 bits per heavy atom. The van der Waals surface area contributed by atoms with Crippen LogP contribution in [0.1, 0.15) is 52.9 Å². The van der Waals surface area contributed by atoms with Crippen LogP contribution < -0.4 is 15.8 Å². The average molecular weight is 472 g/mol. The number of sulfonamides is 1. The van der Waals surface area contributed by atoms with E-state index in [-0.39, 0.29) is 16.7 Å². The Labute approximate surface area is 193 Å². The van der Waals surface area contributed by atoms with Gasteiger partial charge in [-0.15, -0.1) is 0 Å². The van der Waals surface area contributed by atoms with Crippen LogP contribution in [-0.2, 0) is 14.8 Å². The van der Waals surface area contributed by atoms with Crippen LogP contribution in [0, 0.1) is 6.92 Å². The highest BCUT2D eigenvalue weighted by Gasteiger charge is 2.26. The van der Waals surface area contributed by atoms with E-state index >= 15 is 0 Å². The van der Waals surface area contributed by atoms with Crippen LogP contribution in [0.2, 0.25) is 0 Å². The van der Waals surface area contributed by atoms with Gasteiger partial charge in [-0.25, -0.2) is 13.6 Å². The number of hydrogen-bond donors (Lipinski definition) is 4. The van der Waals surface area contributed by atoms with E-state index < -0.39 is 10.0 Å². The number of likely N-dealkylation sites (tertiary alicyclic amines) is 1. The molecule has 176 valence electrons. The Morgan fingerprint density at radius 1 is 1.24 bits per heavy atom. The Morgan fingerprint density at radius 2 is 2.00 bits per heavy atom. The number of rotatable bonds is 7. The number of nitrogens with one attached hydrogen (secondary N) is 3. The molecule has 0 atom stereocenters. The molecule has 0 saturated carbocycles. The number of amides is 2. The van der Waals surface area contributed by atoms with E-state index in [1.807, 2.05) is 0 Å². The molecule has 0 unspecified atom stereocenters. The predicted molar refractivity (Wildman–Crippen MR) is 127 cm³/mol. The Balaban J connectivity index is 1.46. The van der Waals surface area contributed by atoms with Gasteiger partial charge in [0.25, 0.3) is 11.8 Å². The highest BCUT2D eigenvalue weighted by Crippen LogP contribution is 2.35. The van der Waals surface area contributed by atoms with E-state index in [1.165, 1.54) is 37.5 Å². The Bertz CT molecular complexity index is 1210. The third-order valence-electron chi connectivity index (χ3n) is 6.20. The normalized spacial score (nSPS) is 17.8. The van der Waals surface area contributed by atoms with E-state index in [2.05, 4.69) is 20.5 Å². The van der Waals surface area contributed by atoms with Crippen molar-refractivity contribution >= 4 is 39.2 Å². The molecule has 5 N–H and O–H groups in total. The molecule has 1 aromatic heterocycles. The lowest BCUT2D eigenvalue weighted by Gasteiger charge is -2.26. The molecule has 0 spiro atoms. The van der Waals surface area contributed by atoms with Gasteiger partial charge < -0.3 is 20.5 Å². The number of hydrogen-bond acceptors (Lipinski definition) is 5. The highest BCUT2D eigenvalue weighted by atomic mass is 32.2. The van der Waals surface area contributed by atoms with Crippen molar-refractivity contribution in [2.75, 3.05) is 31.5 Å². The molecule has 3 heterocycles. The lowest BCUT2D eigenvalue weighted by molar-refractivity contribution is -0.110. The SMILES string of the molecule is Cc1c(C(=O)NCCCN2CCCCC2)c[nH]c1C=C1C(=O)Nc2ccc(S(N)(=O)=O)cc21. The molecule has 2 amide bonds. The first-order valence-electron chi connectivity index (χ1n) is 11.1. The summed E-state index contributed by atoms with van der Waals surface area (Å²) in [5, 5.41) is 10.9. The molecule has 1 aromatic carbocycles. The standard InChI is InChI=1S/C23H29N5O4S/c1-15-19(22(29)25-8-5-11-28-9-3-2-4-10-28)14-26-21(15)13-18-17-12-16(33(24,31)32)6-7-20(17)27-23(18)30/h6-7,12-14,26H,2-5,8-11H2,1H3,(H,25,29)(H,27,30)(H2,24,31,32). The van der Waals surface area contributed by atoms with Crippen LogP contribution >= 0.6 is 0 Å². The molecule has 9 nitrogen and oxygen atoms in total. The Hall–Kier alpha value is -2.95. The molecular formula is C23H29N5O4S. The maximum Gasteiger partial charge on any atom is 0.256 e. The number of nitrogens with zero attached hydrogens (tertiary/aromatic N) is 1. The number of benzene rings is 1. The molecule has 2 aromatic rings. The summed E-state index contributed by atoms with van der Waals surface area (Å²) in [6, 6.07) is 4.24. The third-order valence-corrected chi connectivity index (χ3v) is 7.11. The van der Waals surface area contributed by atoms with Crippen LogP contribution in [0.25, 0.3) is 11.6 Å². The number of anilines is 1. The lowest BCUT2D eigenvalue weighted by Crippen LogP contribution is -2.33. The van der Waals surface area contributed by atoms with Crippen molar-refractivity contribution in [3.05, 3.63) is 46.8 Å². The van der Waals surface area contributed by atoms with Crippen molar-refractivity contribution in [3.8, 4) is 0 Å². The Kier molecular flexibility index (Phi) is 6.68. The fourth-order valence-electron chi connectivity index (χ4n) is 4.31. The average Bonchev–Trinajstić information content (AvgIpc) is 3.30. The summed E-state index contributed by atoms with van der Waals surface area (Å²) in [6.07, 6.45) is 7.94. The molecule has 1 saturated heterocycles. The first-order chi connectivity index (χ1) is 15.7. The number of carbonyl (C=O) groups is 2. The fourth-order valence-corrected chi connectivity index (χ4v) is 4.85. The number of nitrogens with two attached hydrogens (primary N) is 1. The van der Waals surface area contributed by atoms with Crippen LogP contribution in [-0.4, -0.2) is 56.3 Å². The summed E-state index contributed by atoms with van der Waals surface area (Å²) in [5.74, 6) is -0.519. The largest absolute Gasteiger partial charge is 0.361 e. The summed E-state index contributed by atoms with van der Waals surface area (Å²) < 4.78 is 23.4. The van der Waals surface area contributed by atoms with Crippen molar-refractivity contribution in [3.63, 3.8) is 0 Å². The molecule has 0 bridgehead atoms. The predicted octanol–water partition coefficient (Wildman–Crippen LogP) is 2.07. The number of carbonyl (C=O) groups excluding carboxylic acids is 2. The summed E-state index contributed by atoms with van der Waals surface area (Å²) in [6.45, 7) is 5.66. The number of piperidine rings is 1. The van der Waals surface area contributed by atoms with Gasteiger partial charge in [-0.1, -0.05) is 6.42 Å². The fraction of sp³-hybridized carbons (Fsp3) is 0.391. The second kappa shape index (κ2) is 9.50. The second-order valence-electron chi connectivity index (χ2n) is 8.52. The monoisotopic (exact) mass is 471 g/mol. The lowest BCUT2D eigenvalue weighted by atomic mass is 10.0. The van der Waals surface area contributed by atoms with Crippen LogP contribution in [0.5, 0.6) is 0 Å². The zero-order valence-electron chi connectivity index (χ0n) is 18.6. The van der Waals surface area contributed by atoms with Gasteiger partial charge >= 0.3 is 0 Å². The molecule has 0 radical (unpaired) electrons. The summed E-state index contributed by atoms with van der Waals surface area (Å²) in [4.78, 5) is 30.6. The molecule has 0 aliphatic carbocycles. The molecule has 10 heteroatoms. The number of H-pyrrole nitrogens is 1. The molecule has 4 rings (SSSR count). The molecular weight excluding hydrogens is 442 g/mol. The smallest absolute Gasteiger partial charge is 0.256 e. The first kappa shape index (κ1) is 23.2. The van der Waals surface area contributed by atoms with Gasteiger partial charge in [0.15, 0.2) is 0 Å². The number of fused-ring (bicyclic) bond motifs is 1. The minimum Gasteiger partial charge on any atom is -0.361 e. The van der Waals surface area contributed by atoms with E-state index in [4.69, 9.17) is 5.14 Å². The zero-order valence-corrected chi connectivity index (χ0v) is 19.4. The topological polar surface area (TPSA) is 137 Å². The minimum atomic E-state index is -3.90. The second-order valence-corrected chi connectivity index (χ2v) is 10.1. The minimum absolute atomic E-state index is 0.0727. The number of primary sulfonamides is 1. The molecule has 2 aliphatic heterocycles. The van der Waals surface area contributed by atoms with Gasteiger partial charge in [0.1, 0.15) is 0 Å². The summed E-state index contributed by atoms with van der Waals surface area (Å²) in [7, 11) is -3.90.